The van der Waals surface area contributed by atoms with Gasteiger partial charge in [0.15, 0.2) is 0 Å². The number of hydrogen-bond acceptors (Lipinski definition) is 2. The van der Waals surface area contributed by atoms with Crippen LogP contribution in [0.5, 0.6) is 0 Å². The van der Waals surface area contributed by atoms with Crippen LogP contribution >= 0.6 is 0 Å². The topological polar surface area (TPSA) is 16.3 Å². The van der Waals surface area contributed by atoms with Gasteiger partial charge in [0.2, 0.25) is 0 Å². The monoisotopic (exact) mass is 996 g/mol. The molecular formula is C74H52N4. The third kappa shape index (κ3) is 8.39. The molecule has 12 aromatic carbocycles. The summed E-state index contributed by atoms with van der Waals surface area (Å²) >= 11 is 0. The van der Waals surface area contributed by atoms with Crippen LogP contribution in [0.1, 0.15) is 11.1 Å². The van der Waals surface area contributed by atoms with Crippen LogP contribution in [0.2, 0.25) is 0 Å². The second-order valence-electron chi connectivity index (χ2n) is 19.7. The number of fused-ring (bicyclic) bond motifs is 6. The molecule has 0 spiro atoms. The largest absolute Gasteiger partial charge is 0.310 e. The molecule has 0 saturated carbocycles. The van der Waals surface area contributed by atoms with Gasteiger partial charge in [-0.05, 0) is 131 Å². The third-order valence-electron chi connectivity index (χ3n) is 15.1. The van der Waals surface area contributed by atoms with Gasteiger partial charge in [0.25, 0.3) is 0 Å². The van der Waals surface area contributed by atoms with Gasteiger partial charge in [-0.25, -0.2) is 0 Å². The summed E-state index contributed by atoms with van der Waals surface area (Å²) in [5, 5.41) is 4.84. The van der Waals surface area contributed by atoms with Crippen LogP contribution in [-0.2, 0) is 0 Å². The smallest absolute Gasteiger partial charge is 0.0542 e. The van der Waals surface area contributed by atoms with Crippen LogP contribution in [-0.4, -0.2) is 9.13 Å². The van der Waals surface area contributed by atoms with Crippen molar-refractivity contribution in [2.45, 2.75) is 0 Å². The van der Waals surface area contributed by atoms with Gasteiger partial charge in [-0.15, -0.1) is 0 Å². The van der Waals surface area contributed by atoms with Crippen LogP contribution < -0.4 is 9.80 Å². The number of rotatable bonds is 12. The Morgan fingerprint density at radius 2 is 0.538 bits per heavy atom. The zero-order chi connectivity index (χ0) is 51.8. The van der Waals surface area contributed by atoms with Gasteiger partial charge < -0.3 is 18.9 Å². The van der Waals surface area contributed by atoms with Gasteiger partial charge in [-0.2, -0.15) is 0 Å². The Hall–Kier alpha value is -10.4. The summed E-state index contributed by atoms with van der Waals surface area (Å²) in [5.74, 6) is 0. The van der Waals surface area contributed by atoms with Crippen molar-refractivity contribution in [1.82, 2.24) is 9.13 Å². The molecule has 78 heavy (non-hydrogen) atoms. The van der Waals surface area contributed by atoms with Crippen molar-refractivity contribution in [2.75, 3.05) is 9.80 Å². The van der Waals surface area contributed by atoms with Crippen LogP contribution in [0.4, 0.5) is 34.1 Å². The molecule has 0 fully saturated rings. The fourth-order valence-electron chi connectivity index (χ4n) is 11.5. The number of benzene rings is 12. The number of nitrogens with zero attached hydrogens (tertiary/aromatic N) is 4. The maximum Gasteiger partial charge on any atom is 0.0542 e. The van der Waals surface area contributed by atoms with Crippen LogP contribution in [0.3, 0.4) is 0 Å². The molecule has 0 atom stereocenters. The van der Waals surface area contributed by atoms with Crippen molar-refractivity contribution in [3.05, 3.63) is 314 Å². The molecule has 0 N–H and O–H groups in total. The standard InChI is InChI=1S/C74H52N4/c1-5-21-55(22-6-1)63-29-13-17-33-69(63)77-71-35-19-15-31-65(71)67-51-61(47-49-73(67)77)75(57-25-9-3-10-26-57)59-43-39-53(40-44-59)37-38-54-41-45-60(46-42-54)76(58-27-11-4-12-28-58)62-48-50-74-68(52-62)66-32-16-20-36-72(66)78(74)70-34-18-14-30-64(70)56-23-7-2-8-24-56/h1-52H/b38-37+. The second-order valence-corrected chi connectivity index (χ2v) is 19.7. The average molecular weight is 997 g/mol. The Kier molecular flexibility index (Phi) is 11.8. The van der Waals surface area contributed by atoms with E-state index >= 15 is 0 Å². The summed E-state index contributed by atoms with van der Waals surface area (Å²) in [6.07, 6.45) is 4.41. The first-order valence-corrected chi connectivity index (χ1v) is 26.7. The highest BCUT2D eigenvalue weighted by molar-refractivity contribution is 6.12. The van der Waals surface area contributed by atoms with Gasteiger partial charge in [-0.3, -0.25) is 0 Å². The number of para-hydroxylation sites is 6. The quantitative estimate of drug-likeness (QED) is 0.113. The van der Waals surface area contributed by atoms with E-state index in [9.17, 15) is 0 Å². The Morgan fingerprint density at radius 3 is 0.949 bits per heavy atom. The molecule has 0 bridgehead atoms. The summed E-state index contributed by atoms with van der Waals surface area (Å²) in [7, 11) is 0. The molecule has 14 aromatic rings. The molecule has 368 valence electrons. The minimum Gasteiger partial charge on any atom is -0.310 e. The molecule has 4 nitrogen and oxygen atoms in total. The lowest BCUT2D eigenvalue weighted by atomic mass is 10.0. The predicted molar refractivity (Wildman–Crippen MR) is 331 cm³/mol. The zero-order valence-corrected chi connectivity index (χ0v) is 42.8. The van der Waals surface area contributed by atoms with E-state index in [1.165, 1.54) is 65.9 Å². The first-order valence-electron chi connectivity index (χ1n) is 26.7. The summed E-state index contributed by atoms with van der Waals surface area (Å²) in [5.41, 5.74) is 20.6. The van der Waals surface area contributed by atoms with E-state index in [0.29, 0.717) is 0 Å². The van der Waals surface area contributed by atoms with E-state index in [1.54, 1.807) is 0 Å². The van der Waals surface area contributed by atoms with Gasteiger partial charge >= 0.3 is 0 Å². The maximum absolute atomic E-state index is 2.42. The average Bonchev–Trinajstić information content (AvgIpc) is 4.26. The van der Waals surface area contributed by atoms with Crippen molar-refractivity contribution in [2.24, 2.45) is 0 Å². The molecule has 0 amide bonds. The van der Waals surface area contributed by atoms with Gasteiger partial charge in [0, 0.05) is 66.8 Å². The molecule has 0 unspecified atom stereocenters. The van der Waals surface area contributed by atoms with Crippen molar-refractivity contribution < 1.29 is 0 Å². The van der Waals surface area contributed by atoms with E-state index in [-0.39, 0.29) is 0 Å². The highest BCUT2D eigenvalue weighted by Gasteiger charge is 2.21. The van der Waals surface area contributed by atoms with Gasteiger partial charge in [-0.1, -0.05) is 206 Å². The second kappa shape index (κ2) is 20.0. The van der Waals surface area contributed by atoms with E-state index < -0.39 is 0 Å². The van der Waals surface area contributed by atoms with E-state index in [0.717, 1.165) is 56.6 Å². The molecule has 0 aliphatic rings. The number of hydrogen-bond donors (Lipinski definition) is 0. The lowest BCUT2D eigenvalue weighted by molar-refractivity contribution is 1.18. The fourth-order valence-corrected chi connectivity index (χ4v) is 11.5. The normalized spacial score (nSPS) is 11.5. The zero-order valence-electron chi connectivity index (χ0n) is 42.8. The third-order valence-corrected chi connectivity index (χ3v) is 15.1. The van der Waals surface area contributed by atoms with Crippen molar-refractivity contribution in [3.63, 3.8) is 0 Å². The minimum atomic E-state index is 1.08. The van der Waals surface area contributed by atoms with Crippen LogP contribution in [0.25, 0.3) is 89.4 Å². The van der Waals surface area contributed by atoms with Gasteiger partial charge in [0.1, 0.15) is 0 Å². The molecule has 2 heterocycles. The summed E-state index contributed by atoms with van der Waals surface area (Å²) in [6, 6.07) is 109. The summed E-state index contributed by atoms with van der Waals surface area (Å²) in [4.78, 5) is 4.71. The first-order chi connectivity index (χ1) is 38.7. The van der Waals surface area contributed by atoms with Crippen molar-refractivity contribution >= 4 is 89.9 Å². The molecule has 4 heteroatoms. The summed E-state index contributed by atoms with van der Waals surface area (Å²) < 4.78 is 4.84. The van der Waals surface area contributed by atoms with Crippen LogP contribution in [0, 0.1) is 0 Å². The van der Waals surface area contributed by atoms with E-state index in [4.69, 9.17) is 0 Å². The Morgan fingerprint density at radius 1 is 0.231 bits per heavy atom. The number of anilines is 6. The SMILES string of the molecule is C(=C\c1ccc(N(c2ccccc2)c2ccc3c(c2)c2ccccc2n3-c2ccccc2-c2ccccc2)cc1)/c1ccc(N(c2ccccc2)c2ccc3c(c2)c2ccccc2n3-c2ccccc2-c2ccccc2)cc1. The molecule has 0 aliphatic heterocycles. The van der Waals surface area contributed by atoms with Gasteiger partial charge in [0.05, 0.1) is 33.4 Å². The first kappa shape index (κ1) is 46.1. The molecule has 0 saturated heterocycles. The highest BCUT2D eigenvalue weighted by atomic mass is 15.1. The molecule has 0 aliphatic carbocycles. The minimum absolute atomic E-state index is 1.08. The Balaban J connectivity index is 0.773. The van der Waals surface area contributed by atoms with E-state index in [2.05, 4.69) is 334 Å². The highest BCUT2D eigenvalue weighted by Crippen LogP contribution is 2.44. The summed E-state index contributed by atoms with van der Waals surface area (Å²) in [6.45, 7) is 0. The molecular weight excluding hydrogens is 945 g/mol. The van der Waals surface area contributed by atoms with E-state index in [1.807, 2.05) is 0 Å². The Bertz CT molecular complexity index is 4170. The van der Waals surface area contributed by atoms with Crippen molar-refractivity contribution in [3.8, 4) is 33.6 Å². The van der Waals surface area contributed by atoms with Crippen molar-refractivity contribution in [1.29, 1.82) is 0 Å². The molecule has 0 radical (unpaired) electrons. The lowest BCUT2D eigenvalue weighted by Crippen LogP contribution is -2.09. The Labute approximate surface area is 454 Å². The lowest BCUT2D eigenvalue weighted by Gasteiger charge is -2.26. The fraction of sp³-hybridized carbons (Fsp3) is 0. The number of aromatic nitrogens is 2. The molecule has 2 aromatic heterocycles. The predicted octanol–water partition coefficient (Wildman–Crippen LogP) is 20.3. The van der Waals surface area contributed by atoms with Crippen LogP contribution in [0.15, 0.2) is 303 Å². The molecule has 14 rings (SSSR count). The maximum atomic E-state index is 2.42.